The largest absolute Gasteiger partial charge is 0.497 e. The van der Waals surface area contributed by atoms with Crippen molar-refractivity contribution in [1.29, 1.82) is 0 Å². The van der Waals surface area contributed by atoms with Gasteiger partial charge in [0.2, 0.25) is 0 Å². The predicted octanol–water partition coefficient (Wildman–Crippen LogP) is 2.80. The van der Waals surface area contributed by atoms with Crippen LogP contribution < -0.4 is 10.5 Å². The Balaban J connectivity index is 0.000000516. The van der Waals surface area contributed by atoms with Crippen molar-refractivity contribution in [2.75, 3.05) is 20.2 Å². The van der Waals surface area contributed by atoms with Gasteiger partial charge in [-0.3, -0.25) is 9.88 Å². The van der Waals surface area contributed by atoms with E-state index in [4.69, 9.17) is 14.6 Å². The second-order valence-corrected chi connectivity index (χ2v) is 7.31. The van der Waals surface area contributed by atoms with Crippen molar-refractivity contribution in [2.24, 2.45) is 17.6 Å². The Bertz CT molecular complexity index is 853. The van der Waals surface area contributed by atoms with E-state index in [0.29, 0.717) is 11.8 Å². The first-order chi connectivity index (χ1) is 13.4. The highest BCUT2D eigenvalue weighted by molar-refractivity contribution is 5.83. The Morgan fingerprint density at radius 1 is 1.46 bits per heavy atom. The third-order valence-electron chi connectivity index (χ3n) is 5.82. The van der Waals surface area contributed by atoms with E-state index in [9.17, 15) is 5.11 Å². The van der Waals surface area contributed by atoms with Crippen LogP contribution >= 0.6 is 0 Å². The van der Waals surface area contributed by atoms with E-state index in [0.717, 1.165) is 41.7 Å². The van der Waals surface area contributed by atoms with Crippen LogP contribution in [0.15, 0.2) is 43.1 Å². The molecule has 3 fully saturated rings. The summed E-state index contributed by atoms with van der Waals surface area (Å²) in [6, 6.07) is 7.96. The summed E-state index contributed by atoms with van der Waals surface area (Å²) in [7, 11) is 1.66. The number of hydrogen-bond acceptors (Lipinski definition) is 5. The molecule has 4 heterocycles. The van der Waals surface area contributed by atoms with E-state index in [-0.39, 0.29) is 6.04 Å². The zero-order valence-electron chi connectivity index (χ0n) is 16.0. The normalized spacial score (nSPS) is 26.8. The number of amides is 1. The van der Waals surface area contributed by atoms with Crippen LogP contribution in [0.25, 0.3) is 10.9 Å². The topological polar surface area (TPSA) is 109 Å². The lowest BCUT2D eigenvalue weighted by molar-refractivity contribution is -0.0444. The maximum Gasteiger partial charge on any atom is 0.402 e. The summed E-state index contributed by atoms with van der Waals surface area (Å²) >= 11 is 0. The van der Waals surface area contributed by atoms with Crippen molar-refractivity contribution < 1.29 is 19.7 Å². The van der Waals surface area contributed by atoms with Gasteiger partial charge in [-0.1, -0.05) is 6.08 Å². The summed E-state index contributed by atoms with van der Waals surface area (Å²) in [5, 5.41) is 19.3. The van der Waals surface area contributed by atoms with Crippen molar-refractivity contribution in [3.63, 3.8) is 0 Å². The lowest BCUT2D eigenvalue weighted by Gasteiger charge is -2.50. The standard InChI is InChI=1S/C20H24N2O2.CH3NO2/c1-3-13-12-22-9-7-14(13)10-19(22)20(23)16-6-8-21-18-5-4-15(24-2)11-17(16)18;2-1(3)4/h3-6,8,11,13-14,19-20,23H,1,7,9-10,12H2,2H3;2H2,(H,3,4)/t13-,14?,19+,20+;/m1./s1. The molecule has 3 aliphatic heterocycles. The quantitative estimate of drug-likeness (QED) is 0.698. The first-order valence-corrected chi connectivity index (χ1v) is 9.40. The molecule has 28 heavy (non-hydrogen) atoms. The van der Waals surface area contributed by atoms with E-state index in [1.54, 1.807) is 13.3 Å². The number of aliphatic hydroxyl groups excluding tert-OH is 1. The molecule has 2 unspecified atom stereocenters. The highest BCUT2D eigenvalue weighted by atomic mass is 16.5. The number of ether oxygens (including phenoxy) is 1. The second-order valence-electron chi connectivity index (χ2n) is 7.31. The molecule has 1 aromatic heterocycles. The maximum atomic E-state index is 11.2. The van der Waals surface area contributed by atoms with Gasteiger partial charge in [-0.2, -0.15) is 0 Å². The van der Waals surface area contributed by atoms with Gasteiger partial charge in [-0.05, 0) is 61.1 Å². The number of piperidine rings is 3. The number of benzene rings is 1. The van der Waals surface area contributed by atoms with Crippen molar-refractivity contribution in [3.05, 3.63) is 48.7 Å². The summed E-state index contributed by atoms with van der Waals surface area (Å²) in [4.78, 5) is 15.6. The summed E-state index contributed by atoms with van der Waals surface area (Å²) in [5.74, 6) is 2.01. The Morgan fingerprint density at radius 3 is 2.82 bits per heavy atom. The van der Waals surface area contributed by atoms with Gasteiger partial charge in [0.1, 0.15) is 5.75 Å². The second kappa shape index (κ2) is 8.58. The molecule has 2 bridgehead atoms. The molecule has 4 N–H and O–H groups in total. The first kappa shape index (κ1) is 20.1. The number of rotatable bonds is 4. The molecule has 3 saturated heterocycles. The molecular formula is C21H27N3O4. The minimum Gasteiger partial charge on any atom is -0.497 e. The number of methoxy groups -OCH3 is 1. The number of pyridine rings is 1. The Kier molecular flexibility index (Phi) is 6.16. The fourth-order valence-corrected chi connectivity index (χ4v) is 4.44. The molecule has 5 rings (SSSR count). The van der Waals surface area contributed by atoms with E-state index < -0.39 is 12.2 Å². The zero-order valence-corrected chi connectivity index (χ0v) is 16.0. The Morgan fingerprint density at radius 2 is 2.21 bits per heavy atom. The van der Waals surface area contributed by atoms with Crippen LogP contribution in [-0.4, -0.2) is 52.4 Å². The fraction of sp³-hybridized carbons (Fsp3) is 0.429. The van der Waals surface area contributed by atoms with E-state index in [1.165, 1.54) is 6.42 Å². The zero-order chi connectivity index (χ0) is 20.3. The van der Waals surface area contributed by atoms with Crippen LogP contribution in [0.1, 0.15) is 24.5 Å². The van der Waals surface area contributed by atoms with Gasteiger partial charge in [-0.25, -0.2) is 4.79 Å². The number of nitrogens with zero attached hydrogens (tertiary/aromatic N) is 2. The van der Waals surface area contributed by atoms with Gasteiger partial charge in [-0.15, -0.1) is 6.58 Å². The smallest absolute Gasteiger partial charge is 0.402 e. The molecule has 0 saturated carbocycles. The molecule has 5 atom stereocenters. The fourth-order valence-electron chi connectivity index (χ4n) is 4.44. The number of carbonyl (C=O) groups is 1. The van der Waals surface area contributed by atoms with Crippen LogP contribution in [0.3, 0.4) is 0 Å². The summed E-state index contributed by atoms with van der Waals surface area (Å²) in [5.41, 5.74) is 5.87. The molecular weight excluding hydrogens is 358 g/mol. The Labute approximate surface area is 164 Å². The van der Waals surface area contributed by atoms with Crippen LogP contribution in [-0.2, 0) is 0 Å². The van der Waals surface area contributed by atoms with Crippen molar-refractivity contribution >= 4 is 17.0 Å². The van der Waals surface area contributed by atoms with Gasteiger partial charge < -0.3 is 20.7 Å². The molecule has 1 amide bonds. The van der Waals surface area contributed by atoms with Gasteiger partial charge in [0.05, 0.1) is 18.7 Å². The van der Waals surface area contributed by atoms with Gasteiger partial charge in [0.15, 0.2) is 0 Å². The van der Waals surface area contributed by atoms with Gasteiger partial charge in [0, 0.05) is 24.2 Å². The van der Waals surface area contributed by atoms with Gasteiger partial charge >= 0.3 is 6.09 Å². The average molecular weight is 385 g/mol. The minimum atomic E-state index is -1.33. The molecule has 7 heteroatoms. The third-order valence-corrected chi connectivity index (χ3v) is 5.82. The molecule has 3 aliphatic rings. The van der Waals surface area contributed by atoms with Crippen molar-refractivity contribution in [2.45, 2.75) is 25.0 Å². The number of carboxylic acid groups (broad SMARTS) is 1. The summed E-state index contributed by atoms with van der Waals surface area (Å²) in [6.45, 7) is 6.07. The van der Waals surface area contributed by atoms with Crippen LogP contribution in [0.5, 0.6) is 5.75 Å². The number of nitrogens with two attached hydrogens (primary N) is 1. The number of primary amides is 1. The molecule has 1 aromatic carbocycles. The Hall–Kier alpha value is -2.64. The molecule has 0 radical (unpaired) electrons. The van der Waals surface area contributed by atoms with E-state index in [1.807, 2.05) is 24.3 Å². The molecule has 7 nitrogen and oxygen atoms in total. The highest BCUT2D eigenvalue weighted by Gasteiger charge is 2.42. The maximum absolute atomic E-state index is 11.2. The lowest BCUT2D eigenvalue weighted by atomic mass is 9.73. The first-order valence-electron chi connectivity index (χ1n) is 9.40. The molecule has 0 spiro atoms. The summed E-state index contributed by atoms with van der Waals surface area (Å²) in [6.07, 6.45) is 4.29. The monoisotopic (exact) mass is 385 g/mol. The van der Waals surface area contributed by atoms with Crippen LogP contribution in [0.4, 0.5) is 4.79 Å². The molecule has 0 aliphatic carbocycles. The summed E-state index contributed by atoms with van der Waals surface area (Å²) < 4.78 is 5.35. The average Bonchev–Trinajstić information content (AvgIpc) is 2.72. The number of fused-ring (bicyclic) bond motifs is 4. The number of aliphatic hydroxyl groups is 1. The van der Waals surface area contributed by atoms with Crippen molar-refractivity contribution in [1.82, 2.24) is 9.88 Å². The van der Waals surface area contributed by atoms with Crippen LogP contribution in [0.2, 0.25) is 0 Å². The lowest BCUT2D eigenvalue weighted by Crippen LogP contribution is -2.54. The van der Waals surface area contributed by atoms with E-state index >= 15 is 0 Å². The van der Waals surface area contributed by atoms with Crippen LogP contribution in [0, 0.1) is 11.8 Å². The highest BCUT2D eigenvalue weighted by Crippen LogP contribution is 2.42. The van der Waals surface area contributed by atoms with E-state index in [2.05, 4.69) is 28.3 Å². The third kappa shape index (κ3) is 4.10. The molecule has 150 valence electrons. The number of aromatic nitrogens is 1. The van der Waals surface area contributed by atoms with Crippen molar-refractivity contribution in [3.8, 4) is 5.75 Å². The SMILES string of the molecule is C=C[C@@H]1CN2CCC1C[C@H]2[C@@H](O)c1ccnc2ccc(OC)cc12.NC(=O)O. The minimum absolute atomic E-state index is 0.178. The predicted molar refractivity (Wildman–Crippen MR) is 107 cm³/mol. The molecule has 2 aromatic rings. The number of hydrogen-bond donors (Lipinski definition) is 3. The van der Waals surface area contributed by atoms with Gasteiger partial charge in [0.25, 0.3) is 0 Å².